The van der Waals surface area contributed by atoms with Gasteiger partial charge in [0.2, 0.25) is 5.91 Å². The molecule has 1 aromatic heterocycles. The van der Waals surface area contributed by atoms with Crippen molar-refractivity contribution in [3.05, 3.63) is 59.9 Å². The molecule has 1 amide bonds. The van der Waals surface area contributed by atoms with Crippen LogP contribution in [0.4, 0.5) is 0 Å². The lowest BCUT2D eigenvalue weighted by Crippen LogP contribution is -2.32. The fraction of sp³-hybridized carbons (Fsp3) is 0.517. The van der Waals surface area contributed by atoms with Crippen molar-refractivity contribution in [3.63, 3.8) is 0 Å². The summed E-state index contributed by atoms with van der Waals surface area (Å²) >= 11 is 0. The molecule has 4 rings (SSSR count). The lowest BCUT2D eigenvalue weighted by Gasteiger charge is -2.20. The largest absolute Gasteiger partial charge is 0.492 e. The molecule has 2 aromatic carbocycles. The minimum atomic E-state index is 0.250. The number of nitrogens with one attached hydrogen (secondary N) is 1. The Kier molecular flexibility index (Phi) is 9.00. The molecule has 0 saturated heterocycles. The standard InChI is InChI=1S/C29H39N3O2/c1-2-23-16-18-25(19-17-23)34-22-21-32-27-14-9-8-13-26(27)31-28(32)15-7-4-10-20-30-29(33)24-11-5-3-6-12-24/h8-9,13-14,16-19,24H,2-7,10-12,15,20-22H2,1H3,(H,30,33). The number of benzene rings is 2. The maximum Gasteiger partial charge on any atom is 0.223 e. The highest BCUT2D eigenvalue weighted by atomic mass is 16.5. The molecule has 0 radical (unpaired) electrons. The summed E-state index contributed by atoms with van der Waals surface area (Å²) in [5.41, 5.74) is 3.54. The molecule has 34 heavy (non-hydrogen) atoms. The van der Waals surface area contributed by atoms with Crippen LogP contribution in [0.15, 0.2) is 48.5 Å². The number of carbonyl (C=O) groups excluding carboxylic acids is 1. The smallest absolute Gasteiger partial charge is 0.223 e. The van der Waals surface area contributed by atoms with Crippen molar-refractivity contribution in [2.45, 2.75) is 77.7 Å². The third-order valence-electron chi connectivity index (χ3n) is 7.00. The molecule has 1 fully saturated rings. The Morgan fingerprint density at radius 2 is 1.82 bits per heavy atom. The summed E-state index contributed by atoms with van der Waals surface area (Å²) in [7, 11) is 0. The highest BCUT2D eigenvalue weighted by Crippen LogP contribution is 2.23. The van der Waals surface area contributed by atoms with Gasteiger partial charge in [0.25, 0.3) is 0 Å². The average molecular weight is 462 g/mol. The van der Waals surface area contributed by atoms with Crippen LogP contribution in [0.1, 0.15) is 69.7 Å². The highest BCUT2D eigenvalue weighted by Gasteiger charge is 2.20. The van der Waals surface area contributed by atoms with E-state index >= 15 is 0 Å². The number of carbonyl (C=O) groups is 1. The minimum Gasteiger partial charge on any atom is -0.492 e. The fourth-order valence-corrected chi connectivity index (χ4v) is 4.95. The number of aromatic nitrogens is 2. The van der Waals surface area contributed by atoms with Crippen molar-refractivity contribution in [2.24, 2.45) is 5.92 Å². The maximum atomic E-state index is 12.3. The lowest BCUT2D eigenvalue weighted by atomic mass is 9.89. The molecule has 3 aromatic rings. The zero-order valence-electron chi connectivity index (χ0n) is 20.6. The number of nitrogens with zero attached hydrogens (tertiary/aromatic N) is 2. The Labute approximate surface area is 203 Å². The van der Waals surface area contributed by atoms with E-state index in [2.05, 4.69) is 59.3 Å². The van der Waals surface area contributed by atoms with Crippen molar-refractivity contribution in [1.29, 1.82) is 0 Å². The number of rotatable bonds is 12. The van der Waals surface area contributed by atoms with Crippen LogP contribution in [-0.4, -0.2) is 28.6 Å². The first-order valence-corrected chi connectivity index (χ1v) is 13.2. The van der Waals surface area contributed by atoms with Crippen molar-refractivity contribution < 1.29 is 9.53 Å². The third kappa shape index (κ3) is 6.62. The number of para-hydroxylation sites is 2. The molecule has 0 atom stereocenters. The van der Waals surface area contributed by atoms with E-state index in [1.165, 1.54) is 30.3 Å². The summed E-state index contributed by atoms with van der Waals surface area (Å²) in [6, 6.07) is 16.7. The maximum absolute atomic E-state index is 12.3. The van der Waals surface area contributed by atoms with Gasteiger partial charge in [0.05, 0.1) is 17.6 Å². The average Bonchev–Trinajstić information content (AvgIpc) is 3.24. The molecule has 0 spiro atoms. The first-order valence-electron chi connectivity index (χ1n) is 13.2. The van der Waals surface area contributed by atoms with Gasteiger partial charge in [-0.2, -0.15) is 0 Å². The van der Waals surface area contributed by atoms with Gasteiger partial charge in [0.15, 0.2) is 0 Å². The van der Waals surface area contributed by atoms with Gasteiger partial charge in [-0.15, -0.1) is 0 Å². The number of hydrogen-bond acceptors (Lipinski definition) is 3. The van der Waals surface area contributed by atoms with E-state index in [1.54, 1.807) is 0 Å². The van der Waals surface area contributed by atoms with Crippen LogP contribution < -0.4 is 10.1 Å². The van der Waals surface area contributed by atoms with Crippen LogP contribution in [0.5, 0.6) is 5.75 Å². The number of aryl methyl sites for hydroxylation is 2. The molecule has 5 heteroatoms. The quantitative estimate of drug-likeness (QED) is 0.332. The summed E-state index contributed by atoms with van der Waals surface area (Å²) in [5.74, 6) is 2.56. The summed E-state index contributed by atoms with van der Waals surface area (Å²) in [5, 5.41) is 3.16. The molecular weight excluding hydrogens is 422 g/mol. The van der Waals surface area contributed by atoms with Crippen LogP contribution in [0.2, 0.25) is 0 Å². The molecule has 1 aliphatic carbocycles. The van der Waals surface area contributed by atoms with Gasteiger partial charge in [0, 0.05) is 18.9 Å². The van der Waals surface area contributed by atoms with Crippen molar-refractivity contribution >= 4 is 16.9 Å². The Morgan fingerprint density at radius 3 is 2.62 bits per heavy atom. The summed E-state index contributed by atoms with van der Waals surface area (Å²) in [6.45, 7) is 4.35. The van der Waals surface area contributed by atoms with Crippen molar-refractivity contribution in [3.8, 4) is 5.75 Å². The van der Waals surface area contributed by atoms with E-state index in [0.29, 0.717) is 6.61 Å². The number of fused-ring (bicyclic) bond motifs is 1. The zero-order chi connectivity index (χ0) is 23.6. The molecule has 1 heterocycles. The fourth-order valence-electron chi connectivity index (χ4n) is 4.95. The minimum absolute atomic E-state index is 0.250. The van der Waals surface area contributed by atoms with Gasteiger partial charge in [-0.1, -0.05) is 56.9 Å². The SMILES string of the molecule is CCc1ccc(OCCn2c(CCCCCNC(=O)C3CCCCC3)nc3ccccc32)cc1. The number of unbranched alkanes of at least 4 members (excludes halogenated alkanes) is 2. The molecule has 1 saturated carbocycles. The Morgan fingerprint density at radius 1 is 1.03 bits per heavy atom. The summed E-state index contributed by atoms with van der Waals surface area (Å²) in [6.07, 6.45) is 11.0. The first-order chi connectivity index (χ1) is 16.7. The van der Waals surface area contributed by atoms with Crippen LogP contribution >= 0.6 is 0 Å². The van der Waals surface area contributed by atoms with Gasteiger partial charge in [-0.05, 0) is 61.9 Å². The van der Waals surface area contributed by atoms with E-state index in [9.17, 15) is 4.79 Å². The van der Waals surface area contributed by atoms with Crippen LogP contribution in [0, 0.1) is 5.92 Å². The van der Waals surface area contributed by atoms with Gasteiger partial charge in [-0.3, -0.25) is 4.79 Å². The molecule has 0 aliphatic heterocycles. The Balaban J connectivity index is 1.24. The number of amides is 1. The second-order valence-corrected chi connectivity index (χ2v) is 9.45. The van der Waals surface area contributed by atoms with E-state index < -0.39 is 0 Å². The second-order valence-electron chi connectivity index (χ2n) is 9.45. The van der Waals surface area contributed by atoms with Crippen LogP contribution in [0.25, 0.3) is 11.0 Å². The van der Waals surface area contributed by atoms with Gasteiger partial charge >= 0.3 is 0 Å². The van der Waals surface area contributed by atoms with Crippen LogP contribution in [-0.2, 0) is 24.2 Å². The monoisotopic (exact) mass is 461 g/mol. The van der Waals surface area contributed by atoms with E-state index in [1.807, 2.05) is 6.07 Å². The van der Waals surface area contributed by atoms with Crippen molar-refractivity contribution in [1.82, 2.24) is 14.9 Å². The number of ether oxygens (including phenoxy) is 1. The molecule has 1 aliphatic rings. The molecule has 5 nitrogen and oxygen atoms in total. The molecule has 0 unspecified atom stereocenters. The normalized spacial score (nSPS) is 14.4. The Bertz CT molecular complexity index is 1040. The molecule has 0 bridgehead atoms. The lowest BCUT2D eigenvalue weighted by molar-refractivity contribution is -0.125. The second kappa shape index (κ2) is 12.6. The highest BCUT2D eigenvalue weighted by molar-refractivity contribution is 5.78. The van der Waals surface area contributed by atoms with Crippen molar-refractivity contribution in [2.75, 3.05) is 13.2 Å². The molecule has 1 N–H and O–H groups in total. The van der Waals surface area contributed by atoms with E-state index in [4.69, 9.17) is 9.72 Å². The van der Waals surface area contributed by atoms with Crippen LogP contribution in [0.3, 0.4) is 0 Å². The van der Waals surface area contributed by atoms with Gasteiger partial charge in [0.1, 0.15) is 18.2 Å². The number of hydrogen-bond donors (Lipinski definition) is 1. The zero-order valence-corrected chi connectivity index (χ0v) is 20.6. The first kappa shape index (κ1) is 24.3. The van der Waals surface area contributed by atoms with E-state index in [0.717, 1.165) is 75.1 Å². The topological polar surface area (TPSA) is 56.1 Å². The third-order valence-corrected chi connectivity index (χ3v) is 7.00. The summed E-state index contributed by atoms with van der Waals surface area (Å²) in [4.78, 5) is 17.2. The molecular formula is C29H39N3O2. The van der Waals surface area contributed by atoms with Gasteiger partial charge in [-0.25, -0.2) is 4.98 Å². The summed E-state index contributed by atoms with van der Waals surface area (Å²) < 4.78 is 8.33. The number of imidazole rings is 1. The predicted molar refractivity (Wildman–Crippen MR) is 138 cm³/mol. The predicted octanol–water partition coefficient (Wildman–Crippen LogP) is 6.09. The molecule has 182 valence electrons. The Hall–Kier alpha value is -2.82. The van der Waals surface area contributed by atoms with Gasteiger partial charge < -0.3 is 14.6 Å². The van der Waals surface area contributed by atoms with E-state index in [-0.39, 0.29) is 11.8 Å².